The summed E-state index contributed by atoms with van der Waals surface area (Å²) in [6.07, 6.45) is 5.63. The van der Waals surface area contributed by atoms with Gasteiger partial charge in [-0.15, -0.1) is 24.0 Å². The number of guanidine groups is 1. The number of benzene rings is 1. The molecule has 0 bridgehead atoms. The first-order valence-electron chi connectivity index (χ1n) is 11.3. The lowest BCUT2D eigenvalue weighted by molar-refractivity contribution is -0.137. The maximum Gasteiger partial charge on any atom is 0.225 e. The summed E-state index contributed by atoms with van der Waals surface area (Å²) in [6, 6.07) is 10.5. The van der Waals surface area contributed by atoms with Gasteiger partial charge in [0.05, 0.1) is 6.54 Å². The van der Waals surface area contributed by atoms with Crippen molar-refractivity contribution in [3.8, 4) is 0 Å². The third kappa shape index (κ3) is 8.06. The average molecular weight is 527 g/mol. The number of carbonyl (C=O) groups excluding carboxylic acids is 1. The summed E-state index contributed by atoms with van der Waals surface area (Å²) in [7, 11) is 0. The molecule has 1 aromatic rings. The van der Waals surface area contributed by atoms with Gasteiger partial charge in [0.15, 0.2) is 5.96 Å². The number of nitrogens with one attached hydrogen (secondary N) is 2. The van der Waals surface area contributed by atoms with E-state index in [1.165, 1.54) is 18.4 Å². The van der Waals surface area contributed by atoms with E-state index >= 15 is 0 Å². The first-order chi connectivity index (χ1) is 14.3. The molecule has 3 rings (SSSR count). The van der Waals surface area contributed by atoms with Crippen LogP contribution >= 0.6 is 24.0 Å². The number of carbonyl (C=O) groups is 1. The first kappa shape index (κ1) is 24.9. The van der Waals surface area contributed by atoms with E-state index in [9.17, 15) is 4.79 Å². The lowest BCUT2D eigenvalue weighted by Crippen LogP contribution is -2.50. The Hall–Kier alpha value is -1.35. The van der Waals surface area contributed by atoms with E-state index in [0.717, 1.165) is 77.6 Å². The predicted octanol–water partition coefficient (Wildman–Crippen LogP) is 2.74. The lowest BCUT2D eigenvalue weighted by atomic mass is 10.1. The van der Waals surface area contributed by atoms with Crippen LogP contribution in [0.4, 0.5) is 0 Å². The fourth-order valence-corrected chi connectivity index (χ4v) is 4.24. The van der Waals surface area contributed by atoms with E-state index in [2.05, 4.69) is 51.6 Å². The largest absolute Gasteiger partial charge is 0.357 e. The number of hydrogen-bond acceptors (Lipinski definition) is 3. The topological polar surface area (TPSA) is 60.0 Å². The molecule has 168 valence electrons. The van der Waals surface area contributed by atoms with E-state index in [1.54, 1.807) is 0 Å². The van der Waals surface area contributed by atoms with E-state index < -0.39 is 0 Å². The number of rotatable bonds is 8. The van der Waals surface area contributed by atoms with Gasteiger partial charge in [0.1, 0.15) is 0 Å². The second-order valence-electron chi connectivity index (χ2n) is 8.07. The van der Waals surface area contributed by atoms with E-state index in [4.69, 9.17) is 4.99 Å². The van der Waals surface area contributed by atoms with Gasteiger partial charge in [0.25, 0.3) is 0 Å². The Morgan fingerprint density at radius 1 is 1.07 bits per heavy atom. The van der Waals surface area contributed by atoms with Gasteiger partial charge in [0, 0.05) is 51.7 Å². The SMILES string of the molecule is CCNC(=NCCN1CCN(C(=O)C2CCCC2)CC1)NCCc1ccccc1.I. The molecule has 7 heteroatoms. The third-order valence-electron chi connectivity index (χ3n) is 5.97. The molecule has 1 saturated carbocycles. The van der Waals surface area contributed by atoms with Crippen molar-refractivity contribution in [2.75, 3.05) is 52.4 Å². The minimum atomic E-state index is 0. The minimum Gasteiger partial charge on any atom is -0.357 e. The Kier molecular flexibility index (Phi) is 11.5. The fourth-order valence-electron chi connectivity index (χ4n) is 4.24. The highest BCUT2D eigenvalue weighted by atomic mass is 127. The molecule has 1 aromatic carbocycles. The van der Waals surface area contributed by atoms with Gasteiger partial charge in [-0.3, -0.25) is 14.7 Å². The fraction of sp³-hybridized carbons (Fsp3) is 0.652. The molecule has 2 N–H and O–H groups in total. The van der Waals surface area contributed by atoms with Gasteiger partial charge in [-0.1, -0.05) is 43.2 Å². The molecule has 0 atom stereocenters. The summed E-state index contributed by atoms with van der Waals surface area (Å²) < 4.78 is 0. The number of nitrogens with zero attached hydrogens (tertiary/aromatic N) is 3. The maximum absolute atomic E-state index is 12.6. The third-order valence-corrected chi connectivity index (χ3v) is 5.97. The normalized spacial score (nSPS) is 18.2. The summed E-state index contributed by atoms with van der Waals surface area (Å²) in [5.74, 6) is 1.59. The summed E-state index contributed by atoms with van der Waals surface area (Å²) in [5, 5.41) is 6.75. The number of amides is 1. The van der Waals surface area contributed by atoms with Crippen molar-refractivity contribution in [3.05, 3.63) is 35.9 Å². The Morgan fingerprint density at radius 2 is 1.77 bits per heavy atom. The van der Waals surface area contributed by atoms with Gasteiger partial charge in [-0.25, -0.2) is 0 Å². The standard InChI is InChI=1S/C23H37N5O.HI/c1-2-24-23(25-13-12-20-8-4-3-5-9-20)26-14-15-27-16-18-28(19-17-27)22(29)21-10-6-7-11-21;/h3-5,8-9,21H,2,6-7,10-19H2,1H3,(H2,24,25,26);1H. The van der Waals surface area contributed by atoms with Gasteiger partial charge < -0.3 is 15.5 Å². The molecule has 1 aliphatic heterocycles. The Labute approximate surface area is 198 Å². The Balaban J connectivity index is 0.00000320. The number of hydrogen-bond donors (Lipinski definition) is 2. The molecule has 0 unspecified atom stereocenters. The summed E-state index contributed by atoms with van der Waals surface area (Å²) in [5.41, 5.74) is 1.33. The quantitative estimate of drug-likeness (QED) is 0.310. The van der Waals surface area contributed by atoms with Gasteiger partial charge in [-0.05, 0) is 31.7 Å². The zero-order valence-electron chi connectivity index (χ0n) is 18.3. The molecule has 1 saturated heterocycles. The second kappa shape index (κ2) is 13.9. The van der Waals surface area contributed by atoms with Crippen molar-refractivity contribution >= 4 is 35.8 Å². The molecule has 1 aliphatic carbocycles. The number of aliphatic imine (C=N–C) groups is 1. The first-order valence-corrected chi connectivity index (χ1v) is 11.3. The molecule has 30 heavy (non-hydrogen) atoms. The van der Waals surface area contributed by atoms with Crippen LogP contribution in [0.25, 0.3) is 0 Å². The number of halogens is 1. The van der Waals surface area contributed by atoms with Crippen LogP contribution in [0.5, 0.6) is 0 Å². The maximum atomic E-state index is 12.6. The average Bonchev–Trinajstić information content (AvgIpc) is 3.29. The minimum absolute atomic E-state index is 0. The molecule has 0 spiro atoms. The van der Waals surface area contributed by atoms with Crippen molar-refractivity contribution in [1.29, 1.82) is 0 Å². The van der Waals surface area contributed by atoms with Crippen LogP contribution in [0.3, 0.4) is 0 Å². The van der Waals surface area contributed by atoms with Crippen LogP contribution in [-0.2, 0) is 11.2 Å². The summed E-state index contributed by atoms with van der Waals surface area (Å²) in [6.45, 7) is 9.21. The van der Waals surface area contributed by atoms with Gasteiger partial charge in [-0.2, -0.15) is 0 Å². The molecule has 2 fully saturated rings. The highest BCUT2D eigenvalue weighted by Gasteiger charge is 2.29. The molecular formula is C23H38IN5O. The van der Waals surface area contributed by atoms with Gasteiger partial charge >= 0.3 is 0 Å². The van der Waals surface area contributed by atoms with E-state index in [-0.39, 0.29) is 24.0 Å². The highest BCUT2D eigenvalue weighted by Crippen LogP contribution is 2.26. The smallest absolute Gasteiger partial charge is 0.225 e. The Morgan fingerprint density at radius 3 is 2.43 bits per heavy atom. The van der Waals surface area contributed by atoms with Crippen molar-refractivity contribution in [2.24, 2.45) is 10.9 Å². The predicted molar refractivity (Wildman–Crippen MR) is 135 cm³/mol. The number of piperazine rings is 1. The van der Waals surface area contributed by atoms with Crippen LogP contribution in [0.15, 0.2) is 35.3 Å². The van der Waals surface area contributed by atoms with Crippen molar-refractivity contribution < 1.29 is 4.79 Å². The lowest BCUT2D eigenvalue weighted by Gasteiger charge is -2.35. The zero-order valence-corrected chi connectivity index (χ0v) is 20.6. The molecule has 6 nitrogen and oxygen atoms in total. The van der Waals surface area contributed by atoms with Crippen molar-refractivity contribution in [2.45, 2.75) is 39.0 Å². The van der Waals surface area contributed by atoms with Crippen LogP contribution in [0.2, 0.25) is 0 Å². The zero-order chi connectivity index (χ0) is 20.3. The van der Waals surface area contributed by atoms with E-state index in [1.807, 2.05) is 6.07 Å². The van der Waals surface area contributed by atoms with Crippen molar-refractivity contribution in [3.63, 3.8) is 0 Å². The highest BCUT2D eigenvalue weighted by molar-refractivity contribution is 14.0. The monoisotopic (exact) mass is 527 g/mol. The van der Waals surface area contributed by atoms with Crippen LogP contribution < -0.4 is 10.6 Å². The van der Waals surface area contributed by atoms with Crippen LogP contribution in [-0.4, -0.2) is 74.0 Å². The summed E-state index contributed by atoms with van der Waals surface area (Å²) >= 11 is 0. The van der Waals surface area contributed by atoms with Crippen LogP contribution in [0, 0.1) is 5.92 Å². The van der Waals surface area contributed by atoms with Crippen molar-refractivity contribution in [1.82, 2.24) is 20.4 Å². The van der Waals surface area contributed by atoms with Gasteiger partial charge in [0.2, 0.25) is 5.91 Å². The summed E-state index contributed by atoms with van der Waals surface area (Å²) in [4.78, 5) is 21.8. The van der Waals surface area contributed by atoms with E-state index in [0.29, 0.717) is 11.8 Å². The second-order valence-corrected chi connectivity index (χ2v) is 8.07. The molecule has 1 amide bonds. The molecule has 2 aliphatic rings. The Bertz CT molecular complexity index is 640. The van der Waals surface area contributed by atoms with Crippen LogP contribution in [0.1, 0.15) is 38.2 Å². The molecule has 0 radical (unpaired) electrons. The molecule has 0 aromatic heterocycles. The molecular weight excluding hydrogens is 489 g/mol. The molecule has 1 heterocycles.